The number of hydrogen-bond donors (Lipinski definition) is 2. The zero-order valence-corrected chi connectivity index (χ0v) is 5.07. The lowest BCUT2D eigenvalue weighted by Crippen LogP contribution is -2.20. The van der Waals surface area contributed by atoms with E-state index in [9.17, 15) is 5.11 Å². The Kier molecular flexibility index (Phi) is 1.05. The van der Waals surface area contributed by atoms with Crippen LogP contribution in [-0.4, -0.2) is 17.8 Å². The fourth-order valence-corrected chi connectivity index (χ4v) is 0.653. The smallest absolute Gasteiger partial charge is 0.104 e. The van der Waals surface area contributed by atoms with Crippen LogP contribution in [0, 0.1) is 0 Å². The van der Waals surface area contributed by atoms with E-state index in [0.717, 1.165) is 18.5 Å². The molecular weight excluding hydrogens is 102 g/mol. The second-order valence-electron chi connectivity index (χ2n) is 2.26. The summed E-state index contributed by atoms with van der Waals surface area (Å²) in [5.74, 6) is 0. The third-order valence-electron chi connectivity index (χ3n) is 1.59. The zero-order chi connectivity index (χ0) is 6.20. The maximum atomic E-state index is 9.24. The van der Waals surface area contributed by atoms with E-state index in [1.165, 1.54) is 0 Å². The molecule has 2 N–H and O–H groups in total. The number of likely N-dealkylation sites (N-methyl/N-ethyl adjacent to an activating group) is 1. The average Bonchev–Trinajstić information content (AvgIpc) is 2.47. The molecular formula is C6H11NO. The monoisotopic (exact) mass is 113 g/mol. The van der Waals surface area contributed by atoms with Gasteiger partial charge in [0.25, 0.3) is 0 Å². The van der Waals surface area contributed by atoms with Gasteiger partial charge in [0.2, 0.25) is 0 Å². The number of rotatable bonds is 2. The minimum absolute atomic E-state index is 0.547. The Labute approximate surface area is 49.2 Å². The summed E-state index contributed by atoms with van der Waals surface area (Å²) in [5.41, 5.74) is 0.201. The second-order valence-corrected chi connectivity index (χ2v) is 2.26. The van der Waals surface area contributed by atoms with Crippen molar-refractivity contribution in [3.8, 4) is 0 Å². The van der Waals surface area contributed by atoms with Crippen LogP contribution < -0.4 is 5.32 Å². The van der Waals surface area contributed by atoms with Gasteiger partial charge < -0.3 is 10.4 Å². The van der Waals surface area contributed by atoms with Gasteiger partial charge in [0.05, 0.1) is 0 Å². The highest BCUT2D eigenvalue weighted by Crippen LogP contribution is 2.39. The molecule has 0 atom stereocenters. The lowest BCUT2D eigenvalue weighted by Gasteiger charge is -2.08. The minimum Gasteiger partial charge on any atom is -0.390 e. The van der Waals surface area contributed by atoms with Crippen LogP contribution >= 0.6 is 0 Å². The molecule has 2 heteroatoms. The predicted molar refractivity (Wildman–Crippen MR) is 32.4 cm³/mol. The third kappa shape index (κ3) is 0.713. The fourth-order valence-electron chi connectivity index (χ4n) is 0.653. The Bertz CT molecular complexity index is 116. The van der Waals surface area contributed by atoms with E-state index in [1.807, 2.05) is 0 Å². The Morgan fingerprint density at radius 1 is 1.75 bits per heavy atom. The summed E-state index contributed by atoms with van der Waals surface area (Å²) >= 11 is 0. The lowest BCUT2D eigenvalue weighted by atomic mass is 10.3. The molecule has 46 valence electrons. The normalized spacial score (nSPS) is 22.2. The molecule has 0 saturated heterocycles. The number of hydrogen-bond acceptors (Lipinski definition) is 2. The largest absolute Gasteiger partial charge is 0.390 e. The van der Waals surface area contributed by atoms with Crippen molar-refractivity contribution in [1.82, 2.24) is 5.32 Å². The summed E-state index contributed by atoms with van der Waals surface area (Å²) in [6, 6.07) is 0. The van der Waals surface area contributed by atoms with Crippen LogP contribution in [-0.2, 0) is 0 Å². The Hall–Kier alpha value is -0.500. The van der Waals surface area contributed by atoms with Gasteiger partial charge in [0.1, 0.15) is 5.60 Å². The molecule has 0 aromatic carbocycles. The first-order chi connectivity index (χ1) is 3.69. The van der Waals surface area contributed by atoms with Gasteiger partial charge in [-0.05, 0) is 12.8 Å². The van der Waals surface area contributed by atoms with Gasteiger partial charge >= 0.3 is 0 Å². The van der Waals surface area contributed by atoms with Crippen LogP contribution in [0.4, 0.5) is 0 Å². The first-order valence-electron chi connectivity index (χ1n) is 2.78. The summed E-state index contributed by atoms with van der Waals surface area (Å²) in [5, 5.41) is 12.1. The summed E-state index contributed by atoms with van der Waals surface area (Å²) in [7, 11) is 1.78. The van der Waals surface area contributed by atoms with Gasteiger partial charge in [-0.1, -0.05) is 6.58 Å². The molecule has 1 aliphatic rings. The molecule has 0 heterocycles. The van der Waals surface area contributed by atoms with Crippen LogP contribution in [0.25, 0.3) is 0 Å². The fraction of sp³-hybridized carbons (Fsp3) is 0.667. The van der Waals surface area contributed by atoms with Crippen molar-refractivity contribution in [3.05, 3.63) is 12.3 Å². The van der Waals surface area contributed by atoms with Crippen LogP contribution in [0.15, 0.2) is 12.3 Å². The molecule has 0 radical (unpaired) electrons. The molecule has 8 heavy (non-hydrogen) atoms. The summed E-state index contributed by atoms with van der Waals surface area (Å²) in [4.78, 5) is 0. The molecule has 1 aliphatic carbocycles. The molecule has 0 bridgehead atoms. The molecule has 1 rings (SSSR count). The predicted octanol–water partition coefficient (Wildman–Crippen LogP) is 0.244. The summed E-state index contributed by atoms with van der Waals surface area (Å²) < 4.78 is 0. The van der Waals surface area contributed by atoms with Gasteiger partial charge in [-0.2, -0.15) is 0 Å². The first kappa shape index (κ1) is 5.63. The number of aliphatic hydroxyl groups is 1. The average molecular weight is 113 g/mol. The highest BCUT2D eigenvalue weighted by Gasteiger charge is 2.42. The van der Waals surface area contributed by atoms with E-state index in [-0.39, 0.29) is 0 Å². The SMILES string of the molecule is C=C(NC)C1(O)CC1. The molecule has 1 fully saturated rings. The van der Waals surface area contributed by atoms with Gasteiger partial charge in [0.15, 0.2) is 0 Å². The highest BCUT2D eigenvalue weighted by molar-refractivity contribution is 5.18. The van der Waals surface area contributed by atoms with Crippen molar-refractivity contribution in [2.45, 2.75) is 18.4 Å². The van der Waals surface area contributed by atoms with Crippen LogP contribution in [0.5, 0.6) is 0 Å². The lowest BCUT2D eigenvalue weighted by molar-refractivity contribution is 0.182. The molecule has 0 aromatic rings. The van der Waals surface area contributed by atoms with Crippen molar-refractivity contribution < 1.29 is 5.11 Å². The Morgan fingerprint density at radius 2 is 2.25 bits per heavy atom. The minimum atomic E-state index is -0.547. The topological polar surface area (TPSA) is 32.3 Å². The van der Waals surface area contributed by atoms with Crippen molar-refractivity contribution in [2.75, 3.05) is 7.05 Å². The summed E-state index contributed by atoms with van der Waals surface area (Å²) in [6.07, 6.45) is 1.74. The van der Waals surface area contributed by atoms with Gasteiger partial charge in [-0.3, -0.25) is 0 Å². The molecule has 1 saturated carbocycles. The molecule has 0 spiro atoms. The first-order valence-corrected chi connectivity index (χ1v) is 2.78. The molecule has 0 amide bonds. The Morgan fingerprint density at radius 3 is 2.38 bits per heavy atom. The number of nitrogens with one attached hydrogen (secondary N) is 1. The molecule has 2 nitrogen and oxygen atoms in total. The standard InChI is InChI=1S/C6H11NO/c1-5(7-2)6(8)3-4-6/h7-8H,1,3-4H2,2H3. The van der Waals surface area contributed by atoms with E-state index in [2.05, 4.69) is 11.9 Å². The summed E-state index contributed by atoms with van der Waals surface area (Å²) in [6.45, 7) is 3.65. The van der Waals surface area contributed by atoms with E-state index in [1.54, 1.807) is 7.05 Å². The van der Waals surface area contributed by atoms with E-state index in [0.29, 0.717) is 0 Å². The molecule has 0 unspecified atom stereocenters. The highest BCUT2D eigenvalue weighted by atomic mass is 16.3. The third-order valence-corrected chi connectivity index (χ3v) is 1.59. The van der Waals surface area contributed by atoms with E-state index >= 15 is 0 Å². The van der Waals surface area contributed by atoms with Crippen molar-refractivity contribution in [1.29, 1.82) is 0 Å². The maximum Gasteiger partial charge on any atom is 0.104 e. The second kappa shape index (κ2) is 1.49. The quantitative estimate of drug-likeness (QED) is 0.538. The Balaban J connectivity index is 2.46. The van der Waals surface area contributed by atoms with Crippen LogP contribution in [0.1, 0.15) is 12.8 Å². The zero-order valence-electron chi connectivity index (χ0n) is 5.07. The van der Waals surface area contributed by atoms with Gasteiger partial charge in [0, 0.05) is 12.7 Å². The van der Waals surface area contributed by atoms with Crippen molar-refractivity contribution in [2.24, 2.45) is 0 Å². The van der Waals surface area contributed by atoms with E-state index in [4.69, 9.17) is 0 Å². The van der Waals surface area contributed by atoms with Crippen molar-refractivity contribution in [3.63, 3.8) is 0 Å². The van der Waals surface area contributed by atoms with Gasteiger partial charge in [-0.15, -0.1) is 0 Å². The van der Waals surface area contributed by atoms with E-state index < -0.39 is 5.60 Å². The molecule has 0 aromatic heterocycles. The maximum absolute atomic E-state index is 9.24. The van der Waals surface area contributed by atoms with Crippen molar-refractivity contribution >= 4 is 0 Å². The van der Waals surface area contributed by atoms with Crippen LogP contribution in [0.2, 0.25) is 0 Å². The van der Waals surface area contributed by atoms with Crippen LogP contribution in [0.3, 0.4) is 0 Å². The molecule has 0 aliphatic heterocycles. The van der Waals surface area contributed by atoms with Gasteiger partial charge in [-0.25, -0.2) is 0 Å².